The molecular formula is C16H25N. The van der Waals surface area contributed by atoms with Crippen LogP contribution in [-0.2, 0) is 6.42 Å². The highest BCUT2D eigenvalue weighted by Gasteiger charge is 2.23. The van der Waals surface area contributed by atoms with Crippen LogP contribution in [0, 0.1) is 11.8 Å². The molecule has 0 aliphatic heterocycles. The molecule has 1 aliphatic carbocycles. The first-order valence-corrected chi connectivity index (χ1v) is 7.00. The van der Waals surface area contributed by atoms with E-state index in [1.165, 1.54) is 25.7 Å². The number of aryl methyl sites for hydroxylation is 1. The van der Waals surface area contributed by atoms with Crippen LogP contribution < -0.4 is 5.73 Å². The summed E-state index contributed by atoms with van der Waals surface area (Å²) < 4.78 is 0. The van der Waals surface area contributed by atoms with Crippen molar-refractivity contribution in [3.8, 4) is 0 Å². The van der Waals surface area contributed by atoms with Crippen molar-refractivity contribution in [3.63, 3.8) is 0 Å². The van der Waals surface area contributed by atoms with Gasteiger partial charge in [-0.2, -0.15) is 0 Å². The molecule has 94 valence electrons. The van der Waals surface area contributed by atoms with E-state index in [1.807, 2.05) is 0 Å². The van der Waals surface area contributed by atoms with Crippen LogP contribution in [0.5, 0.6) is 0 Å². The van der Waals surface area contributed by atoms with Crippen molar-refractivity contribution in [1.82, 2.24) is 0 Å². The fourth-order valence-corrected chi connectivity index (χ4v) is 3.01. The standard InChI is InChI=1S/C16H25N/c1-12(13(2)11-17)10-15-8-5-7-14-6-3-4-9-16(14)15/h3-4,6,9,12-13,15H,5,7-8,10-11,17H2,1-2H3. The zero-order valence-electron chi connectivity index (χ0n) is 11.2. The van der Waals surface area contributed by atoms with Crippen LogP contribution in [0.25, 0.3) is 0 Å². The maximum absolute atomic E-state index is 5.77. The van der Waals surface area contributed by atoms with Crippen molar-refractivity contribution in [3.05, 3.63) is 35.4 Å². The van der Waals surface area contributed by atoms with Crippen LogP contribution in [0.2, 0.25) is 0 Å². The van der Waals surface area contributed by atoms with Gasteiger partial charge in [0, 0.05) is 0 Å². The number of fused-ring (bicyclic) bond motifs is 1. The minimum atomic E-state index is 0.643. The van der Waals surface area contributed by atoms with Crippen molar-refractivity contribution in [2.45, 2.75) is 45.4 Å². The zero-order chi connectivity index (χ0) is 12.3. The van der Waals surface area contributed by atoms with Crippen LogP contribution in [0.4, 0.5) is 0 Å². The average molecular weight is 231 g/mol. The summed E-state index contributed by atoms with van der Waals surface area (Å²) in [6, 6.07) is 9.00. The predicted molar refractivity (Wildman–Crippen MR) is 74.1 cm³/mol. The van der Waals surface area contributed by atoms with Gasteiger partial charge in [0.1, 0.15) is 0 Å². The molecule has 0 aromatic heterocycles. The molecule has 0 amide bonds. The van der Waals surface area contributed by atoms with Crippen LogP contribution in [0.1, 0.15) is 50.2 Å². The smallest absolute Gasteiger partial charge is 0.00490 e. The van der Waals surface area contributed by atoms with E-state index in [2.05, 4.69) is 38.1 Å². The molecule has 0 bridgehead atoms. The van der Waals surface area contributed by atoms with E-state index < -0.39 is 0 Å². The van der Waals surface area contributed by atoms with E-state index >= 15 is 0 Å². The molecule has 0 radical (unpaired) electrons. The van der Waals surface area contributed by atoms with Crippen LogP contribution in [0.15, 0.2) is 24.3 Å². The Bertz CT molecular complexity index is 358. The lowest BCUT2D eigenvalue weighted by Crippen LogP contribution is -2.21. The van der Waals surface area contributed by atoms with Crippen molar-refractivity contribution >= 4 is 0 Å². The number of benzene rings is 1. The molecule has 1 aromatic carbocycles. The summed E-state index contributed by atoms with van der Waals surface area (Å²) in [4.78, 5) is 0. The second kappa shape index (κ2) is 5.68. The molecule has 2 N–H and O–H groups in total. The Kier molecular flexibility index (Phi) is 4.22. The first-order chi connectivity index (χ1) is 8.22. The maximum Gasteiger partial charge on any atom is -0.00490 e. The summed E-state index contributed by atoms with van der Waals surface area (Å²) in [6.07, 6.45) is 5.28. The van der Waals surface area contributed by atoms with Crippen LogP contribution in [-0.4, -0.2) is 6.54 Å². The molecule has 3 atom stereocenters. The molecule has 1 aliphatic rings. The second-order valence-electron chi connectivity index (χ2n) is 5.71. The number of rotatable bonds is 4. The molecule has 0 heterocycles. The average Bonchev–Trinajstić information content (AvgIpc) is 2.38. The molecule has 0 saturated heterocycles. The maximum atomic E-state index is 5.77. The van der Waals surface area contributed by atoms with Gasteiger partial charge < -0.3 is 5.73 Å². The third-order valence-corrected chi connectivity index (χ3v) is 4.49. The summed E-state index contributed by atoms with van der Waals surface area (Å²) in [5.74, 6) is 2.14. The first-order valence-electron chi connectivity index (χ1n) is 7.00. The van der Waals surface area contributed by atoms with Crippen molar-refractivity contribution in [1.29, 1.82) is 0 Å². The van der Waals surface area contributed by atoms with Crippen LogP contribution >= 0.6 is 0 Å². The number of hydrogen-bond acceptors (Lipinski definition) is 1. The fourth-order valence-electron chi connectivity index (χ4n) is 3.01. The molecule has 0 fully saturated rings. The van der Waals surface area contributed by atoms with E-state index in [0.717, 1.165) is 18.4 Å². The molecule has 1 heteroatoms. The Labute approximate surface area is 105 Å². The van der Waals surface area contributed by atoms with E-state index in [1.54, 1.807) is 11.1 Å². The Morgan fingerprint density at radius 2 is 2.00 bits per heavy atom. The lowest BCUT2D eigenvalue weighted by molar-refractivity contribution is 0.330. The summed E-state index contributed by atoms with van der Waals surface area (Å²) in [5.41, 5.74) is 8.96. The Hall–Kier alpha value is -0.820. The zero-order valence-corrected chi connectivity index (χ0v) is 11.2. The van der Waals surface area contributed by atoms with Gasteiger partial charge in [-0.3, -0.25) is 0 Å². The molecule has 3 unspecified atom stereocenters. The molecule has 0 spiro atoms. The minimum Gasteiger partial charge on any atom is -0.330 e. The Morgan fingerprint density at radius 3 is 2.76 bits per heavy atom. The van der Waals surface area contributed by atoms with Gasteiger partial charge in [-0.25, -0.2) is 0 Å². The second-order valence-corrected chi connectivity index (χ2v) is 5.71. The minimum absolute atomic E-state index is 0.643. The van der Waals surface area contributed by atoms with Gasteiger partial charge in [-0.1, -0.05) is 38.1 Å². The van der Waals surface area contributed by atoms with Gasteiger partial charge in [0.15, 0.2) is 0 Å². The van der Waals surface area contributed by atoms with E-state index in [-0.39, 0.29) is 0 Å². The Balaban J connectivity index is 2.08. The quantitative estimate of drug-likeness (QED) is 0.839. The lowest BCUT2D eigenvalue weighted by atomic mass is 9.76. The van der Waals surface area contributed by atoms with Crippen molar-refractivity contribution in [2.24, 2.45) is 17.6 Å². The van der Waals surface area contributed by atoms with Gasteiger partial charge in [0.05, 0.1) is 0 Å². The highest BCUT2D eigenvalue weighted by molar-refractivity contribution is 5.32. The van der Waals surface area contributed by atoms with Gasteiger partial charge in [-0.05, 0) is 61.1 Å². The molecular weight excluding hydrogens is 206 g/mol. The topological polar surface area (TPSA) is 26.0 Å². The largest absolute Gasteiger partial charge is 0.330 e. The van der Waals surface area contributed by atoms with Crippen molar-refractivity contribution < 1.29 is 0 Å². The summed E-state index contributed by atoms with van der Waals surface area (Å²) in [7, 11) is 0. The normalized spacial score (nSPS) is 22.9. The van der Waals surface area contributed by atoms with Gasteiger partial charge in [0.2, 0.25) is 0 Å². The lowest BCUT2D eigenvalue weighted by Gasteiger charge is -2.29. The molecule has 1 aromatic rings. The molecule has 17 heavy (non-hydrogen) atoms. The monoisotopic (exact) mass is 231 g/mol. The highest BCUT2D eigenvalue weighted by Crippen LogP contribution is 2.37. The van der Waals surface area contributed by atoms with Gasteiger partial charge in [0.25, 0.3) is 0 Å². The predicted octanol–water partition coefficient (Wildman–Crippen LogP) is 3.73. The third kappa shape index (κ3) is 2.90. The Morgan fingerprint density at radius 1 is 1.24 bits per heavy atom. The summed E-state index contributed by atoms with van der Waals surface area (Å²) >= 11 is 0. The number of hydrogen-bond donors (Lipinski definition) is 1. The first kappa shape index (κ1) is 12.6. The fraction of sp³-hybridized carbons (Fsp3) is 0.625. The summed E-state index contributed by atoms with van der Waals surface area (Å²) in [5, 5.41) is 0. The van der Waals surface area contributed by atoms with E-state index in [4.69, 9.17) is 5.73 Å². The highest BCUT2D eigenvalue weighted by atomic mass is 14.5. The van der Waals surface area contributed by atoms with E-state index in [9.17, 15) is 0 Å². The summed E-state index contributed by atoms with van der Waals surface area (Å²) in [6.45, 7) is 5.45. The molecule has 2 rings (SSSR count). The van der Waals surface area contributed by atoms with Crippen molar-refractivity contribution in [2.75, 3.05) is 6.54 Å². The SMILES string of the molecule is CC(CN)C(C)CC1CCCc2ccccc21. The third-order valence-electron chi connectivity index (χ3n) is 4.49. The molecule has 0 saturated carbocycles. The number of nitrogens with two attached hydrogens (primary N) is 1. The van der Waals surface area contributed by atoms with Gasteiger partial charge >= 0.3 is 0 Å². The molecule has 1 nitrogen and oxygen atoms in total. The van der Waals surface area contributed by atoms with Crippen LogP contribution in [0.3, 0.4) is 0 Å². The van der Waals surface area contributed by atoms with Gasteiger partial charge in [-0.15, -0.1) is 0 Å². The van der Waals surface area contributed by atoms with E-state index in [0.29, 0.717) is 5.92 Å².